The Kier molecular flexibility index (Phi) is 5.61. The number of hydrogen-bond donors (Lipinski definition) is 2. The summed E-state index contributed by atoms with van der Waals surface area (Å²) in [6.45, 7) is 6.96. The molecule has 2 aliphatic rings. The zero-order valence-corrected chi connectivity index (χ0v) is 14.6. The van der Waals surface area contributed by atoms with Gasteiger partial charge in [-0.25, -0.2) is 4.79 Å². The standard InChI is InChI=1S/C19H29N3O2/c1-15(2-3-16-6-8-18(23)9-7-16)20-19(24)22-12-10-21(11-13-22)14-17-4-5-17/h6-9,15,17,23H,2-5,10-14H2,1H3,(H,20,24). The van der Waals surface area contributed by atoms with E-state index < -0.39 is 0 Å². The Hall–Kier alpha value is -1.75. The number of urea groups is 1. The molecule has 1 aliphatic carbocycles. The maximum absolute atomic E-state index is 12.4. The van der Waals surface area contributed by atoms with Crippen LogP contribution in [0.4, 0.5) is 4.79 Å². The highest BCUT2D eigenvalue weighted by Crippen LogP contribution is 2.29. The van der Waals surface area contributed by atoms with Gasteiger partial charge >= 0.3 is 6.03 Å². The number of rotatable bonds is 6. The SMILES string of the molecule is CC(CCc1ccc(O)cc1)NC(=O)N1CCN(CC2CC2)CC1. The van der Waals surface area contributed by atoms with E-state index in [1.807, 2.05) is 17.0 Å². The largest absolute Gasteiger partial charge is 0.508 e. The minimum atomic E-state index is 0.0688. The molecule has 2 N–H and O–H groups in total. The van der Waals surface area contributed by atoms with Gasteiger partial charge in [-0.05, 0) is 56.2 Å². The van der Waals surface area contributed by atoms with Crippen LogP contribution in [0.1, 0.15) is 31.7 Å². The molecule has 0 bridgehead atoms. The van der Waals surface area contributed by atoms with Crippen molar-refractivity contribution in [3.8, 4) is 5.75 Å². The van der Waals surface area contributed by atoms with Gasteiger partial charge in [-0.2, -0.15) is 0 Å². The lowest BCUT2D eigenvalue weighted by Crippen LogP contribution is -2.53. The zero-order valence-electron chi connectivity index (χ0n) is 14.6. The van der Waals surface area contributed by atoms with Crippen LogP contribution >= 0.6 is 0 Å². The third-order valence-corrected chi connectivity index (χ3v) is 5.05. The van der Waals surface area contributed by atoms with Crippen molar-refractivity contribution in [3.63, 3.8) is 0 Å². The highest BCUT2D eigenvalue weighted by molar-refractivity contribution is 5.74. The van der Waals surface area contributed by atoms with Crippen molar-refractivity contribution in [2.45, 2.75) is 38.6 Å². The van der Waals surface area contributed by atoms with Crippen molar-refractivity contribution in [3.05, 3.63) is 29.8 Å². The van der Waals surface area contributed by atoms with Crippen LogP contribution in [0.25, 0.3) is 0 Å². The molecule has 0 spiro atoms. The first kappa shape index (κ1) is 17.1. The van der Waals surface area contributed by atoms with Crippen molar-refractivity contribution in [2.24, 2.45) is 5.92 Å². The summed E-state index contributed by atoms with van der Waals surface area (Å²) in [6.07, 6.45) is 4.58. The predicted molar refractivity (Wildman–Crippen MR) is 95.2 cm³/mol. The lowest BCUT2D eigenvalue weighted by Gasteiger charge is -2.35. The maximum Gasteiger partial charge on any atom is 0.317 e. The van der Waals surface area contributed by atoms with Crippen LogP contribution in [0.5, 0.6) is 5.75 Å². The van der Waals surface area contributed by atoms with Crippen molar-refractivity contribution in [2.75, 3.05) is 32.7 Å². The molecule has 1 unspecified atom stereocenters. The third kappa shape index (κ3) is 5.13. The molecule has 1 aromatic rings. The van der Waals surface area contributed by atoms with Crippen molar-refractivity contribution >= 4 is 6.03 Å². The maximum atomic E-state index is 12.4. The molecule has 3 rings (SSSR count). The number of benzene rings is 1. The van der Waals surface area contributed by atoms with Gasteiger partial charge in [0.1, 0.15) is 5.75 Å². The van der Waals surface area contributed by atoms with E-state index in [0.29, 0.717) is 5.75 Å². The second-order valence-corrected chi connectivity index (χ2v) is 7.29. The van der Waals surface area contributed by atoms with E-state index in [2.05, 4.69) is 17.1 Å². The van der Waals surface area contributed by atoms with Gasteiger partial charge in [0.2, 0.25) is 0 Å². The van der Waals surface area contributed by atoms with Gasteiger partial charge < -0.3 is 15.3 Å². The Morgan fingerprint density at radius 2 is 1.88 bits per heavy atom. The van der Waals surface area contributed by atoms with Crippen molar-refractivity contribution in [1.29, 1.82) is 0 Å². The molecule has 1 aromatic carbocycles. The molecule has 132 valence electrons. The number of amides is 2. The summed E-state index contributed by atoms with van der Waals surface area (Å²) in [4.78, 5) is 16.8. The van der Waals surface area contributed by atoms with Crippen LogP contribution in [-0.2, 0) is 6.42 Å². The summed E-state index contributed by atoms with van der Waals surface area (Å²) in [6, 6.07) is 7.50. The first-order chi connectivity index (χ1) is 11.6. The van der Waals surface area contributed by atoms with Crippen LogP contribution < -0.4 is 5.32 Å². The molecule has 1 saturated heterocycles. The number of phenolic OH excluding ortho intramolecular Hbond substituents is 1. The van der Waals surface area contributed by atoms with Crippen LogP contribution in [0, 0.1) is 5.92 Å². The first-order valence-electron chi connectivity index (χ1n) is 9.16. The topological polar surface area (TPSA) is 55.8 Å². The smallest absolute Gasteiger partial charge is 0.317 e. The van der Waals surface area contributed by atoms with Gasteiger partial charge in [-0.15, -0.1) is 0 Å². The molecule has 0 aromatic heterocycles. The molecule has 1 aliphatic heterocycles. The molecular formula is C19H29N3O2. The summed E-state index contributed by atoms with van der Waals surface area (Å²) < 4.78 is 0. The van der Waals surface area contributed by atoms with Crippen molar-refractivity contribution < 1.29 is 9.90 Å². The number of hydrogen-bond acceptors (Lipinski definition) is 3. The van der Waals surface area contributed by atoms with E-state index in [-0.39, 0.29) is 12.1 Å². The van der Waals surface area contributed by atoms with Crippen LogP contribution in [0.3, 0.4) is 0 Å². The highest BCUT2D eigenvalue weighted by Gasteiger charge is 2.27. The van der Waals surface area contributed by atoms with Crippen LogP contribution in [0.15, 0.2) is 24.3 Å². The average Bonchev–Trinajstić information content (AvgIpc) is 3.39. The third-order valence-electron chi connectivity index (χ3n) is 5.05. The number of phenols is 1. The molecule has 2 fully saturated rings. The monoisotopic (exact) mass is 331 g/mol. The molecular weight excluding hydrogens is 302 g/mol. The second-order valence-electron chi connectivity index (χ2n) is 7.29. The summed E-state index contributed by atoms with van der Waals surface area (Å²) >= 11 is 0. The molecule has 1 heterocycles. The van der Waals surface area contributed by atoms with Crippen LogP contribution in [0.2, 0.25) is 0 Å². The first-order valence-corrected chi connectivity index (χ1v) is 9.16. The van der Waals surface area contributed by atoms with Gasteiger partial charge in [0.15, 0.2) is 0 Å². The Labute approximate surface area is 144 Å². The molecule has 1 saturated carbocycles. The van der Waals surface area contributed by atoms with Gasteiger partial charge in [0, 0.05) is 38.8 Å². The fourth-order valence-electron chi connectivity index (χ4n) is 3.22. The quantitative estimate of drug-likeness (QED) is 0.842. The Morgan fingerprint density at radius 3 is 2.50 bits per heavy atom. The van der Waals surface area contributed by atoms with Gasteiger partial charge in [-0.3, -0.25) is 4.90 Å². The van der Waals surface area contributed by atoms with Gasteiger partial charge in [0.05, 0.1) is 0 Å². The number of piperazine rings is 1. The summed E-state index contributed by atoms with van der Waals surface area (Å²) in [5, 5.41) is 12.4. The predicted octanol–water partition coefficient (Wildman–Crippen LogP) is 2.45. The average molecular weight is 331 g/mol. The van der Waals surface area contributed by atoms with Gasteiger partial charge in [-0.1, -0.05) is 12.1 Å². The molecule has 1 atom stereocenters. The van der Waals surface area contributed by atoms with E-state index in [1.165, 1.54) is 24.9 Å². The Morgan fingerprint density at radius 1 is 1.21 bits per heavy atom. The molecule has 5 heteroatoms. The summed E-state index contributed by atoms with van der Waals surface area (Å²) in [7, 11) is 0. The fourth-order valence-corrected chi connectivity index (χ4v) is 3.22. The van der Waals surface area contributed by atoms with Crippen LogP contribution in [-0.4, -0.2) is 59.7 Å². The number of nitrogens with one attached hydrogen (secondary N) is 1. The van der Waals surface area contributed by atoms with E-state index >= 15 is 0 Å². The van der Waals surface area contributed by atoms with E-state index in [1.54, 1.807) is 12.1 Å². The van der Waals surface area contributed by atoms with E-state index in [0.717, 1.165) is 44.9 Å². The lowest BCUT2D eigenvalue weighted by molar-refractivity contribution is 0.134. The Bertz CT molecular complexity index is 534. The number of nitrogens with zero attached hydrogens (tertiary/aromatic N) is 2. The number of aromatic hydroxyl groups is 1. The molecule has 0 radical (unpaired) electrons. The zero-order chi connectivity index (χ0) is 16.9. The fraction of sp³-hybridized carbons (Fsp3) is 0.632. The van der Waals surface area contributed by atoms with E-state index in [4.69, 9.17) is 0 Å². The number of carbonyl (C=O) groups is 1. The summed E-state index contributed by atoms with van der Waals surface area (Å²) in [5.74, 6) is 1.21. The number of aryl methyl sites for hydroxylation is 1. The lowest BCUT2D eigenvalue weighted by atomic mass is 10.1. The minimum absolute atomic E-state index is 0.0688. The van der Waals surface area contributed by atoms with Crippen molar-refractivity contribution in [1.82, 2.24) is 15.1 Å². The highest BCUT2D eigenvalue weighted by atomic mass is 16.3. The Balaban J connectivity index is 1.35. The molecule has 2 amide bonds. The minimum Gasteiger partial charge on any atom is -0.508 e. The van der Waals surface area contributed by atoms with Gasteiger partial charge in [0.25, 0.3) is 0 Å². The van der Waals surface area contributed by atoms with E-state index in [9.17, 15) is 9.90 Å². The normalized spacial score (nSPS) is 20.0. The second kappa shape index (κ2) is 7.88. The summed E-state index contributed by atoms with van der Waals surface area (Å²) in [5.41, 5.74) is 1.18. The number of carbonyl (C=O) groups excluding carboxylic acids is 1. The molecule has 5 nitrogen and oxygen atoms in total. The molecule has 24 heavy (non-hydrogen) atoms.